The Morgan fingerprint density at radius 1 is 0.290 bits per heavy atom. The van der Waals surface area contributed by atoms with Gasteiger partial charge in [-0.1, -0.05) is 36.0 Å². The molecule has 27 rings (SSSR count). The fourth-order valence-electron chi connectivity index (χ4n) is 14.8. The van der Waals surface area contributed by atoms with Crippen molar-refractivity contribution in [2.45, 2.75) is 244 Å². The van der Waals surface area contributed by atoms with Crippen LogP contribution in [0.3, 0.4) is 0 Å². The Kier molecular flexibility index (Phi) is 25.1. The van der Waals surface area contributed by atoms with E-state index < -0.39 is 261 Å². The second-order valence-electron chi connectivity index (χ2n) is 26.9. The average Bonchev–Trinajstić information content (AvgIpc) is 0.732. The summed E-state index contributed by atoms with van der Waals surface area (Å²) in [4.78, 5) is 8.05. The second-order valence-corrected chi connectivity index (χ2v) is 28.0. The predicted octanol–water partition coefficient (Wildman–Crippen LogP) is -10.5. The highest BCUT2D eigenvalue weighted by Gasteiger charge is 2.60. The van der Waals surface area contributed by atoms with Gasteiger partial charge in [-0.3, -0.25) is 0 Å². The molecule has 0 spiro atoms. The molecule has 0 aliphatic carbocycles. The van der Waals surface area contributed by atoms with Crippen LogP contribution in [0.4, 0.5) is 11.4 Å². The maximum absolute atomic E-state index is 11.3. The summed E-state index contributed by atoms with van der Waals surface area (Å²) in [5, 5.41) is 230. The summed E-state index contributed by atoms with van der Waals surface area (Å²) in [6.45, 7) is -2.26. The van der Waals surface area contributed by atoms with Crippen molar-refractivity contribution in [3.8, 4) is 0 Å². The SMILES string of the molecule is OC[C@H]1O[C@@H]2O[C@H]3[C@H](O)[C@@H](O)[C@@H](O[C@H]4[C@H](O)[C@@H](O)[C@@H](O[C@H]5[C@H](O)[C@@H](O)[C@@H](O[C@H]6[C@H](O)[C@@H](O)[C@@H](O[C@H]7[C@H](O)[C@@H](O)[C@@H](O[C@H]8[C@H](O)[C@@H](O)[C@@H](O[C@H]1[C@H](O)[C@H]2O)O[C@@H]8CO)O[C@@H]7CO)O[C@@H]6CO)O[C@@H]5CO)O[C@@H]4CO)O[C@@H]3CO.c1ccc2c(c1)Sc1ccccc1N2CC12CCN(CC1)CC2. The maximum atomic E-state index is 11.3. The van der Waals surface area contributed by atoms with E-state index in [1.54, 1.807) is 0 Å². The smallest absolute Gasteiger partial charge is 0.187 e. The third-order valence-corrected chi connectivity index (χ3v) is 21.8. The van der Waals surface area contributed by atoms with Crippen molar-refractivity contribution in [3.05, 3.63) is 48.5 Å². The lowest BCUT2D eigenvalue weighted by Gasteiger charge is -2.51. The van der Waals surface area contributed by atoms with E-state index in [4.69, 9.17) is 66.3 Å². The molecule has 24 saturated heterocycles. The molecule has 25 aliphatic rings. The summed E-state index contributed by atoms with van der Waals surface area (Å²) in [5.74, 6) is 0. The number of fused-ring (bicyclic) bond motifs is 5. The van der Waals surface area contributed by atoms with Crippen LogP contribution >= 0.6 is 11.8 Å². The van der Waals surface area contributed by atoms with Crippen LogP contribution in [0.15, 0.2) is 58.3 Å². The summed E-state index contributed by atoms with van der Waals surface area (Å²) in [6.07, 6.45) is -66.2. The first-order valence-corrected chi connectivity index (χ1v) is 34.1. The second kappa shape index (κ2) is 32.7. The molecule has 35 atom stereocenters. The zero-order chi connectivity index (χ0) is 71.3. The van der Waals surface area contributed by atoms with E-state index in [-0.39, 0.29) is 0 Å². The van der Waals surface area contributed by atoms with Gasteiger partial charge in [-0.15, -0.1) is 0 Å². The summed E-state index contributed by atoms with van der Waals surface area (Å²) in [6, 6.07) is 17.8. The molecule has 0 aromatic heterocycles. The number of benzene rings is 2. The quantitative estimate of drug-likeness (QED) is 0.111. The topological polar surface area (TPSA) is 561 Å². The van der Waals surface area contributed by atoms with Crippen molar-refractivity contribution in [1.29, 1.82) is 0 Å². The van der Waals surface area contributed by atoms with Crippen LogP contribution in [0.2, 0.25) is 0 Å². The van der Waals surface area contributed by atoms with Gasteiger partial charge in [0.25, 0.3) is 0 Å². The van der Waals surface area contributed by atoms with Crippen LogP contribution in [0.5, 0.6) is 0 Å². The van der Waals surface area contributed by atoms with Gasteiger partial charge < -0.3 is 183 Å². The molecule has 0 radical (unpaired) electrons. The number of hydrogen-bond donors (Lipinski definition) is 21. The molecule has 100 heavy (non-hydrogen) atoms. The molecule has 25 aliphatic heterocycles. The van der Waals surface area contributed by atoms with Crippen LogP contribution < -0.4 is 4.90 Å². The van der Waals surface area contributed by atoms with E-state index in [0.717, 1.165) is 0 Å². The summed E-state index contributed by atoms with van der Waals surface area (Å²) in [5.41, 5.74) is 3.31. The van der Waals surface area contributed by atoms with Gasteiger partial charge in [0.05, 0.1) is 57.6 Å². The number of hydrogen-bond acceptors (Lipinski definition) is 38. The summed E-state index contributed by atoms with van der Waals surface area (Å²) in [7, 11) is 0. The first-order chi connectivity index (χ1) is 48.0. The van der Waals surface area contributed by atoms with E-state index in [1.807, 2.05) is 11.8 Å². The molecule has 25 heterocycles. The zero-order valence-corrected chi connectivity index (χ0v) is 54.5. The highest BCUT2D eigenvalue weighted by atomic mass is 32.2. The van der Waals surface area contributed by atoms with Crippen LogP contribution in [-0.2, 0) is 66.3 Å². The molecule has 38 heteroatoms. The van der Waals surface area contributed by atoms with Gasteiger partial charge in [0.1, 0.15) is 171 Å². The first kappa shape index (κ1) is 76.8. The minimum atomic E-state index is -2.21. The third-order valence-electron chi connectivity index (χ3n) is 20.7. The van der Waals surface area contributed by atoms with E-state index in [2.05, 4.69) is 58.3 Å². The van der Waals surface area contributed by atoms with Crippen molar-refractivity contribution < 1.29 is 174 Å². The molecule has 21 N–H and O–H groups in total. The first-order valence-electron chi connectivity index (χ1n) is 33.3. The summed E-state index contributed by atoms with van der Waals surface area (Å²) < 4.78 is 79.5. The van der Waals surface area contributed by atoms with Gasteiger partial charge in [0.2, 0.25) is 0 Å². The Morgan fingerprint density at radius 2 is 0.490 bits per heavy atom. The number of para-hydroxylation sites is 2. The van der Waals surface area contributed by atoms with E-state index in [0.29, 0.717) is 5.41 Å². The van der Waals surface area contributed by atoms with E-state index in [9.17, 15) is 107 Å². The maximum Gasteiger partial charge on any atom is 0.187 e. The van der Waals surface area contributed by atoms with Crippen molar-refractivity contribution >= 4 is 23.1 Å². The minimum Gasteiger partial charge on any atom is -0.394 e. The lowest BCUT2D eigenvalue weighted by molar-refractivity contribution is -0.396. The molecule has 566 valence electrons. The Morgan fingerprint density at radius 3 is 0.690 bits per heavy atom. The van der Waals surface area contributed by atoms with Crippen molar-refractivity contribution in [2.24, 2.45) is 5.41 Å². The Labute approximate surface area is 575 Å². The molecular weight excluding hydrogens is 1360 g/mol. The molecule has 0 amide bonds. The van der Waals surface area contributed by atoms with E-state index >= 15 is 0 Å². The summed E-state index contributed by atoms with van der Waals surface area (Å²) >= 11 is 1.91. The standard InChI is InChI=1S/C42H70O35.C20H22N2S/c43-1-8-29-15(50)22(57)36(64-8)72-30-9(2-44)66-38(24(59)17(30)52)74-32-11(4-46)68-40(26(61)19(32)54)76-34-13(6-48)70-42(28(63)21(34)56)77-35-14(7-49)69-41(27(62)20(35)55)75-33-12(5-47)67-39(25(60)18(33)53)73-31-10(3-45)65-37(71-29)23(58)16(31)51;1-3-7-18-16(5-1)22(17-6-2-4-8-19(17)23-18)15-20-9-12-21(13-10-20)14-11-20/h8-63H,1-7H2;1-8H,9-15H2/t8-,9-,10-,11-,12-,13-,14-,15-,16-,17-,18-,19-,20-,21-,22-,23-,24-,25-,26-,27-,28-,29-,30-,31-,32-,33-,34-,35-,36-,37-,38-,39-,40-,41-,42-;/m1./s1. The number of anilines is 2. The van der Waals surface area contributed by atoms with Crippen molar-refractivity contribution in [1.82, 2.24) is 4.90 Å². The lowest BCUT2D eigenvalue weighted by Crippen LogP contribution is -2.68. The monoisotopic (exact) mass is 1460 g/mol. The van der Waals surface area contributed by atoms with E-state index in [1.165, 1.54) is 66.6 Å². The minimum absolute atomic E-state index is 0.511. The van der Waals surface area contributed by atoms with Gasteiger partial charge in [-0.25, -0.2) is 0 Å². The Balaban J connectivity index is 0.000000342. The average molecular weight is 1460 g/mol. The zero-order valence-electron chi connectivity index (χ0n) is 53.6. The van der Waals surface area contributed by atoms with Gasteiger partial charge in [-0.2, -0.15) is 0 Å². The van der Waals surface area contributed by atoms with Crippen molar-refractivity contribution in [3.63, 3.8) is 0 Å². The molecular formula is C62H92N2O35S. The van der Waals surface area contributed by atoms with Gasteiger partial charge in [0, 0.05) is 16.3 Å². The van der Waals surface area contributed by atoms with Crippen LogP contribution in [0.25, 0.3) is 0 Å². The molecule has 0 saturated carbocycles. The Bertz CT molecular complexity index is 2510. The van der Waals surface area contributed by atoms with Gasteiger partial charge in [-0.05, 0) is 68.6 Å². The number of rotatable bonds is 9. The molecule has 16 bridgehead atoms. The van der Waals surface area contributed by atoms with Gasteiger partial charge >= 0.3 is 0 Å². The molecule has 2 aromatic carbocycles. The number of nitrogens with zero attached hydrogens (tertiary/aromatic N) is 2. The predicted molar refractivity (Wildman–Crippen MR) is 325 cm³/mol. The molecule has 37 nitrogen and oxygen atoms in total. The fraction of sp³-hybridized carbons (Fsp3) is 0.806. The van der Waals surface area contributed by atoms with Crippen molar-refractivity contribution in [2.75, 3.05) is 77.3 Å². The largest absolute Gasteiger partial charge is 0.394 e. The molecule has 0 unspecified atom stereocenters. The van der Waals surface area contributed by atoms with Crippen LogP contribution in [0.1, 0.15) is 19.3 Å². The molecule has 2 aromatic rings. The van der Waals surface area contributed by atoms with Crippen LogP contribution in [0, 0.1) is 5.41 Å². The highest BCUT2D eigenvalue weighted by Crippen LogP contribution is 2.51. The van der Waals surface area contributed by atoms with Gasteiger partial charge in [0.15, 0.2) is 44.0 Å². The highest BCUT2D eigenvalue weighted by molar-refractivity contribution is 7.99. The van der Waals surface area contributed by atoms with Crippen LogP contribution in [-0.4, -0.2) is 400 Å². The fourth-order valence-corrected chi connectivity index (χ4v) is 15.9. The third kappa shape index (κ3) is 15.1. The number of ether oxygens (including phenoxy) is 14. The molecule has 24 fully saturated rings. The number of aliphatic hydroxyl groups is 21. The Hall–Kier alpha value is -2.85. The number of piperidine rings is 3. The number of aliphatic hydroxyl groups excluding tert-OH is 21. The lowest BCUT2D eigenvalue weighted by atomic mass is 9.71. The normalized spacial score (nSPS) is 49.1.